The zero-order valence-electron chi connectivity index (χ0n) is 10.1. The zero-order valence-corrected chi connectivity index (χ0v) is 10.1. The Labute approximate surface area is 109 Å². The molecule has 0 atom stereocenters. The van der Waals surface area contributed by atoms with Gasteiger partial charge in [0.1, 0.15) is 5.76 Å². The first-order valence-corrected chi connectivity index (χ1v) is 6.12. The van der Waals surface area contributed by atoms with Crippen molar-refractivity contribution >= 4 is 16.3 Å². The van der Waals surface area contributed by atoms with E-state index in [4.69, 9.17) is 4.42 Å². The SMILES string of the molecule is C=C1c2ccccc2-c2oc(=O)c3ccccc3c21. The van der Waals surface area contributed by atoms with Crippen molar-refractivity contribution in [1.82, 2.24) is 0 Å². The van der Waals surface area contributed by atoms with Gasteiger partial charge in [0.05, 0.1) is 5.39 Å². The van der Waals surface area contributed by atoms with E-state index in [1.54, 1.807) is 6.07 Å². The van der Waals surface area contributed by atoms with Crippen LogP contribution in [0.2, 0.25) is 0 Å². The second-order valence-corrected chi connectivity index (χ2v) is 4.66. The van der Waals surface area contributed by atoms with Crippen LogP contribution in [0.15, 0.2) is 64.3 Å². The first kappa shape index (κ1) is 10.3. The van der Waals surface area contributed by atoms with Gasteiger partial charge in [0.15, 0.2) is 0 Å². The maximum Gasteiger partial charge on any atom is 0.344 e. The molecule has 0 fully saturated rings. The van der Waals surface area contributed by atoms with E-state index in [1.807, 2.05) is 42.5 Å². The molecule has 1 aliphatic carbocycles. The molecule has 2 nitrogen and oxygen atoms in total. The average molecular weight is 246 g/mol. The second-order valence-electron chi connectivity index (χ2n) is 4.66. The Morgan fingerprint density at radius 3 is 2.26 bits per heavy atom. The molecule has 0 amide bonds. The molecule has 0 saturated heterocycles. The number of benzene rings is 2. The van der Waals surface area contributed by atoms with Crippen molar-refractivity contribution in [3.05, 3.63) is 76.7 Å². The van der Waals surface area contributed by atoms with Crippen molar-refractivity contribution in [3.8, 4) is 11.3 Å². The number of fused-ring (bicyclic) bond motifs is 5. The van der Waals surface area contributed by atoms with Crippen LogP contribution in [0.3, 0.4) is 0 Å². The van der Waals surface area contributed by atoms with E-state index in [0.29, 0.717) is 11.1 Å². The Kier molecular flexibility index (Phi) is 1.88. The van der Waals surface area contributed by atoms with Crippen LogP contribution in [-0.2, 0) is 0 Å². The van der Waals surface area contributed by atoms with Crippen molar-refractivity contribution in [1.29, 1.82) is 0 Å². The van der Waals surface area contributed by atoms with Crippen LogP contribution in [0.5, 0.6) is 0 Å². The monoisotopic (exact) mass is 246 g/mol. The van der Waals surface area contributed by atoms with Gasteiger partial charge in [-0.05, 0) is 17.2 Å². The Bertz CT molecular complexity index is 901. The van der Waals surface area contributed by atoms with Gasteiger partial charge in [0.25, 0.3) is 0 Å². The summed E-state index contributed by atoms with van der Waals surface area (Å²) in [5, 5.41) is 1.52. The molecule has 0 bridgehead atoms. The lowest BCUT2D eigenvalue weighted by molar-refractivity contribution is 0.535. The minimum Gasteiger partial charge on any atom is -0.422 e. The third-order valence-electron chi connectivity index (χ3n) is 3.64. The molecule has 19 heavy (non-hydrogen) atoms. The fraction of sp³-hybridized carbons (Fsp3) is 0. The molecule has 1 aliphatic rings. The highest BCUT2D eigenvalue weighted by Crippen LogP contribution is 2.45. The minimum absolute atomic E-state index is 0.293. The first-order valence-electron chi connectivity index (χ1n) is 6.12. The molecular weight excluding hydrogens is 236 g/mol. The Hall–Kier alpha value is -2.61. The standard InChI is InChI=1S/C17H10O2/c1-10-11-6-2-4-8-13(11)16-15(10)12-7-3-5-9-14(12)17(18)19-16/h2-9H,1H2. The lowest BCUT2D eigenvalue weighted by Gasteiger charge is -2.04. The number of hydrogen-bond acceptors (Lipinski definition) is 2. The van der Waals surface area contributed by atoms with Gasteiger partial charge in [0.2, 0.25) is 0 Å². The van der Waals surface area contributed by atoms with Gasteiger partial charge in [-0.2, -0.15) is 0 Å². The van der Waals surface area contributed by atoms with Crippen LogP contribution in [0.25, 0.3) is 27.7 Å². The summed E-state index contributed by atoms with van der Waals surface area (Å²) in [4.78, 5) is 12.1. The van der Waals surface area contributed by atoms with Crippen LogP contribution in [-0.4, -0.2) is 0 Å². The molecule has 0 radical (unpaired) electrons. The summed E-state index contributed by atoms with van der Waals surface area (Å²) in [6, 6.07) is 15.4. The summed E-state index contributed by atoms with van der Waals surface area (Å²) in [6.07, 6.45) is 0. The molecule has 0 N–H and O–H groups in total. The highest BCUT2D eigenvalue weighted by Gasteiger charge is 2.27. The molecule has 0 spiro atoms. The smallest absolute Gasteiger partial charge is 0.344 e. The summed E-state index contributed by atoms with van der Waals surface area (Å²) in [5.74, 6) is 0.643. The normalized spacial score (nSPS) is 12.5. The molecule has 2 aromatic carbocycles. The molecule has 0 aliphatic heterocycles. The van der Waals surface area contributed by atoms with Gasteiger partial charge in [-0.1, -0.05) is 49.0 Å². The predicted octanol–water partition coefficient (Wildman–Crippen LogP) is 3.83. The van der Waals surface area contributed by atoms with E-state index in [-0.39, 0.29) is 5.63 Å². The molecule has 90 valence electrons. The third kappa shape index (κ3) is 1.23. The minimum atomic E-state index is -0.293. The van der Waals surface area contributed by atoms with Gasteiger partial charge < -0.3 is 4.42 Å². The molecule has 2 heteroatoms. The fourth-order valence-corrected chi connectivity index (χ4v) is 2.77. The van der Waals surface area contributed by atoms with Crippen LogP contribution in [0.4, 0.5) is 0 Å². The second kappa shape index (κ2) is 3.45. The summed E-state index contributed by atoms with van der Waals surface area (Å²) < 4.78 is 5.51. The average Bonchev–Trinajstić information content (AvgIpc) is 2.73. The first-order chi connectivity index (χ1) is 9.27. The lowest BCUT2D eigenvalue weighted by Crippen LogP contribution is -2.01. The van der Waals surface area contributed by atoms with Crippen molar-refractivity contribution < 1.29 is 4.42 Å². The van der Waals surface area contributed by atoms with Gasteiger partial charge >= 0.3 is 5.63 Å². The quantitative estimate of drug-likeness (QED) is 0.472. The molecule has 0 saturated carbocycles. The maximum atomic E-state index is 12.1. The summed E-state index contributed by atoms with van der Waals surface area (Å²) in [6.45, 7) is 4.15. The van der Waals surface area contributed by atoms with Crippen LogP contribution in [0, 0.1) is 0 Å². The van der Waals surface area contributed by atoms with E-state index < -0.39 is 0 Å². The highest BCUT2D eigenvalue weighted by atomic mass is 16.4. The molecule has 0 unspecified atom stereocenters. The van der Waals surface area contributed by atoms with Crippen molar-refractivity contribution in [3.63, 3.8) is 0 Å². The van der Waals surface area contributed by atoms with E-state index in [0.717, 1.165) is 27.6 Å². The van der Waals surface area contributed by atoms with Crippen LogP contribution >= 0.6 is 0 Å². The fourth-order valence-electron chi connectivity index (χ4n) is 2.77. The molecule has 3 aromatic rings. The van der Waals surface area contributed by atoms with Crippen molar-refractivity contribution in [2.75, 3.05) is 0 Å². The van der Waals surface area contributed by atoms with Gasteiger partial charge in [-0.25, -0.2) is 4.79 Å². The number of rotatable bonds is 0. The van der Waals surface area contributed by atoms with Gasteiger partial charge in [-0.15, -0.1) is 0 Å². The van der Waals surface area contributed by atoms with E-state index in [9.17, 15) is 4.79 Å². The van der Waals surface area contributed by atoms with Gasteiger partial charge in [-0.3, -0.25) is 0 Å². The maximum absolute atomic E-state index is 12.1. The summed E-state index contributed by atoms with van der Waals surface area (Å²) >= 11 is 0. The van der Waals surface area contributed by atoms with Gasteiger partial charge in [0, 0.05) is 16.5 Å². The van der Waals surface area contributed by atoms with Crippen LogP contribution < -0.4 is 5.63 Å². The Balaban J connectivity index is 2.25. The molecule has 1 aromatic heterocycles. The van der Waals surface area contributed by atoms with Crippen molar-refractivity contribution in [2.24, 2.45) is 0 Å². The van der Waals surface area contributed by atoms with Crippen molar-refractivity contribution in [2.45, 2.75) is 0 Å². The highest BCUT2D eigenvalue weighted by molar-refractivity contribution is 6.07. The van der Waals surface area contributed by atoms with E-state index >= 15 is 0 Å². The topological polar surface area (TPSA) is 30.2 Å². The Morgan fingerprint density at radius 1 is 0.842 bits per heavy atom. The van der Waals surface area contributed by atoms with E-state index in [2.05, 4.69) is 6.58 Å². The summed E-state index contributed by atoms with van der Waals surface area (Å²) in [5.41, 5.74) is 3.56. The molecule has 1 heterocycles. The molecule has 4 rings (SSSR count). The van der Waals surface area contributed by atoms with E-state index in [1.165, 1.54) is 0 Å². The molecular formula is C17H10O2. The number of hydrogen-bond donors (Lipinski definition) is 0. The Morgan fingerprint density at radius 2 is 1.47 bits per heavy atom. The zero-order chi connectivity index (χ0) is 13.0. The lowest BCUT2D eigenvalue weighted by atomic mass is 10.0. The third-order valence-corrected chi connectivity index (χ3v) is 3.64. The summed E-state index contributed by atoms with van der Waals surface area (Å²) in [7, 11) is 0. The largest absolute Gasteiger partial charge is 0.422 e. The van der Waals surface area contributed by atoms with Crippen LogP contribution in [0.1, 0.15) is 11.1 Å². The predicted molar refractivity (Wildman–Crippen MR) is 76.1 cm³/mol.